The van der Waals surface area contributed by atoms with Crippen molar-refractivity contribution in [2.45, 2.75) is 32.2 Å². The van der Waals surface area contributed by atoms with E-state index < -0.39 is 0 Å². The first-order valence-corrected chi connectivity index (χ1v) is 7.19. The van der Waals surface area contributed by atoms with Crippen molar-refractivity contribution in [1.29, 1.82) is 0 Å². The fraction of sp³-hybridized carbons (Fsp3) is 0.400. The Morgan fingerprint density at radius 1 is 1.53 bits per heavy atom. The smallest absolute Gasteiger partial charge is 0.235 e. The Morgan fingerprint density at radius 2 is 2.37 bits per heavy atom. The highest BCUT2D eigenvalue weighted by Crippen LogP contribution is 2.38. The lowest BCUT2D eigenvalue weighted by Gasteiger charge is -2.07. The summed E-state index contributed by atoms with van der Waals surface area (Å²) in [5.74, 6) is 0.497. The summed E-state index contributed by atoms with van der Waals surface area (Å²) in [5.41, 5.74) is 5.10. The highest BCUT2D eigenvalue weighted by atomic mass is 35.5. The fourth-order valence-corrected chi connectivity index (χ4v) is 3.10. The van der Waals surface area contributed by atoms with Gasteiger partial charge in [0.25, 0.3) is 0 Å². The maximum atomic E-state index is 11.3. The second-order valence-corrected chi connectivity index (χ2v) is 5.47. The number of rotatable bonds is 3. The van der Waals surface area contributed by atoms with Crippen LogP contribution in [0.1, 0.15) is 36.1 Å². The first-order valence-electron chi connectivity index (χ1n) is 6.65. The Hall–Kier alpha value is -1.48. The highest BCUT2D eigenvalue weighted by Gasteiger charge is 2.24. The summed E-state index contributed by atoms with van der Waals surface area (Å²) in [5, 5.41) is 4.13. The van der Waals surface area contributed by atoms with E-state index in [4.69, 9.17) is 11.6 Å². The summed E-state index contributed by atoms with van der Waals surface area (Å²) >= 11 is 5.50. The molecule has 3 nitrogen and oxygen atoms in total. The van der Waals surface area contributed by atoms with Gasteiger partial charge < -0.3 is 10.3 Å². The molecule has 0 aliphatic heterocycles. The Morgan fingerprint density at radius 3 is 3.16 bits per heavy atom. The number of carbonyl (C=O) groups excluding carboxylic acids is 1. The number of aromatic nitrogens is 1. The van der Waals surface area contributed by atoms with Gasteiger partial charge in [-0.1, -0.05) is 25.1 Å². The zero-order valence-electron chi connectivity index (χ0n) is 10.9. The minimum absolute atomic E-state index is 0.00817. The van der Waals surface area contributed by atoms with Crippen LogP contribution in [0, 0.1) is 0 Å². The molecule has 19 heavy (non-hydrogen) atoms. The van der Waals surface area contributed by atoms with E-state index in [1.807, 2.05) is 6.07 Å². The quantitative estimate of drug-likeness (QED) is 0.832. The summed E-state index contributed by atoms with van der Waals surface area (Å²) in [4.78, 5) is 14.8. The van der Waals surface area contributed by atoms with Gasteiger partial charge in [0.15, 0.2) is 0 Å². The Balaban J connectivity index is 1.98. The summed E-state index contributed by atoms with van der Waals surface area (Å²) in [6, 6.07) is 6.27. The predicted molar refractivity (Wildman–Crippen MR) is 77.6 cm³/mol. The number of H-pyrrole nitrogens is 1. The van der Waals surface area contributed by atoms with Gasteiger partial charge in [-0.3, -0.25) is 4.79 Å². The lowest BCUT2D eigenvalue weighted by atomic mass is 10.0. The van der Waals surface area contributed by atoms with Gasteiger partial charge >= 0.3 is 0 Å². The minimum atomic E-state index is -0.133. The first-order chi connectivity index (χ1) is 9.20. The number of benzene rings is 1. The monoisotopic (exact) mass is 276 g/mol. The molecule has 2 aromatic rings. The number of nitrogens with one attached hydrogen (secondary N) is 2. The molecular weight excluding hydrogens is 260 g/mol. The van der Waals surface area contributed by atoms with E-state index in [1.165, 1.54) is 23.1 Å². The number of alkyl halides is 1. The standard InChI is InChI=1S/C15H17ClN2O/c1-9-5-6-12-14(9)11-4-2-3-10(15(11)18-12)8-17-13(19)7-16/h2-4,9,18H,5-8H2,1H3,(H,17,19). The van der Waals surface area contributed by atoms with Gasteiger partial charge in [0, 0.05) is 17.6 Å². The molecule has 0 saturated heterocycles. The number of aromatic amines is 1. The average Bonchev–Trinajstić information content (AvgIpc) is 2.96. The van der Waals surface area contributed by atoms with E-state index in [2.05, 4.69) is 29.4 Å². The van der Waals surface area contributed by atoms with Crippen LogP contribution in [0.15, 0.2) is 18.2 Å². The third-order valence-corrected chi connectivity index (χ3v) is 4.20. The Kier molecular flexibility index (Phi) is 3.23. The second-order valence-electron chi connectivity index (χ2n) is 5.21. The molecule has 4 heteroatoms. The van der Waals surface area contributed by atoms with Crippen LogP contribution in [0.5, 0.6) is 0 Å². The van der Waals surface area contributed by atoms with Crippen molar-refractivity contribution in [2.24, 2.45) is 0 Å². The lowest BCUT2D eigenvalue weighted by Crippen LogP contribution is -2.23. The van der Waals surface area contributed by atoms with Crippen molar-refractivity contribution in [3.05, 3.63) is 35.0 Å². The molecule has 1 aliphatic rings. The number of hydrogen-bond acceptors (Lipinski definition) is 1. The number of aryl methyl sites for hydroxylation is 1. The van der Waals surface area contributed by atoms with E-state index in [9.17, 15) is 4.79 Å². The van der Waals surface area contributed by atoms with Crippen LogP contribution >= 0.6 is 11.6 Å². The van der Waals surface area contributed by atoms with Crippen LogP contribution in [-0.4, -0.2) is 16.8 Å². The van der Waals surface area contributed by atoms with Gasteiger partial charge in [-0.25, -0.2) is 0 Å². The minimum Gasteiger partial charge on any atom is -0.358 e. The molecule has 1 aliphatic carbocycles. The van der Waals surface area contributed by atoms with Gasteiger partial charge in [0.1, 0.15) is 5.88 Å². The first kappa shape index (κ1) is 12.5. The molecule has 0 bridgehead atoms. The van der Waals surface area contributed by atoms with E-state index in [0.717, 1.165) is 17.5 Å². The number of amides is 1. The third-order valence-electron chi connectivity index (χ3n) is 3.96. The molecule has 0 saturated carbocycles. The molecule has 3 rings (SSSR count). The van der Waals surface area contributed by atoms with Crippen molar-refractivity contribution < 1.29 is 4.79 Å². The van der Waals surface area contributed by atoms with E-state index in [1.54, 1.807) is 0 Å². The maximum Gasteiger partial charge on any atom is 0.235 e. The normalized spacial score (nSPS) is 17.7. The van der Waals surface area contributed by atoms with E-state index >= 15 is 0 Å². The number of fused-ring (bicyclic) bond motifs is 3. The maximum absolute atomic E-state index is 11.3. The van der Waals surface area contributed by atoms with Crippen LogP contribution in [0.4, 0.5) is 0 Å². The van der Waals surface area contributed by atoms with Gasteiger partial charge in [0.05, 0.1) is 5.52 Å². The molecule has 1 aromatic heterocycles. The number of carbonyl (C=O) groups is 1. The van der Waals surface area contributed by atoms with Gasteiger partial charge in [0.2, 0.25) is 5.91 Å². The third kappa shape index (κ3) is 2.12. The fourth-order valence-electron chi connectivity index (χ4n) is 3.01. The molecule has 1 atom stereocenters. The summed E-state index contributed by atoms with van der Waals surface area (Å²) in [7, 11) is 0. The van der Waals surface area contributed by atoms with E-state index in [0.29, 0.717) is 12.5 Å². The van der Waals surface area contributed by atoms with Crippen molar-refractivity contribution in [2.75, 3.05) is 5.88 Å². The van der Waals surface area contributed by atoms with Crippen LogP contribution in [-0.2, 0) is 17.8 Å². The number of para-hydroxylation sites is 1. The van der Waals surface area contributed by atoms with Gasteiger partial charge in [-0.15, -0.1) is 11.6 Å². The molecule has 100 valence electrons. The zero-order chi connectivity index (χ0) is 13.4. The molecule has 2 N–H and O–H groups in total. The molecule has 1 unspecified atom stereocenters. The summed E-state index contributed by atoms with van der Waals surface area (Å²) < 4.78 is 0. The van der Waals surface area contributed by atoms with Crippen LogP contribution in [0.2, 0.25) is 0 Å². The van der Waals surface area contributed by atoms with Crippen LogP contribution in [0.3, 0.4) is 0 Å². The van der Waals surface area contributed by atoms with Crippen molar-refractivity contribution in [1.82, 2.24) is 10.3 Å². The van der Waals surface area contributed by atoms with Crippen molar-refractivity contribution >= 4 is 28.4 Å². The summed E-state index contributed by atoms with van der Waals surface area (Å²) in [6.45, 7) is 2.80. The largest absolute Gasteiger partial charge is 0.358 e. The Labute approximate surface area is 117 Å². The number of hydrogen-bond donors (Lipinski definition) is 2. The predicted octanol–water partition coefficient (Wildman–Crippen LogP) is 3.07. The molecule has 1 heterocycles. The second kappa shape index (κ2) is 4.89. The molecule has 0 spiro atoms. The molecule has 1 aromatic carbocycles. The van der Waals surface area contributed by atoms with Crippen molar-refractivity contribution in [3.63, 3.8) is 0 Å². The average molecular weight is 277 g/mol. The SMILES string of the molecule is CC1CCc2[nH]c3c(CNC(=O)CCl)cccc3c21. The van der Waals surface area contributed by atoms with Gasteiger partial charge in [-0.2, -0.15) is 0 Å². The van der Waals surface area contributed by atoms with Crippen LogP contribution < -0.4 is 5.32 Å². The molecule has 0 fully saturated rings. The van der Waals surface area contributed by atoms with Crippen molar-refractivity contribution in [3.8, 4) is 0 Å². The topological polar surface area (TPSA) is 44.9 Å². The summed E-state index contributed by atoms with van der Waals surface area (Å²) in [6.07, 6.45) is 2.35. The molecular formula is C15H17ClN2O. The highest BCUT2D eigenvalue weighted by molar-refractivity contribution is 6.27. The van der Waals surface area contributed by atoms with Crippen LogP contribution in [0.25, 0.3) is 10.9 Å². The zero-order valence-corrected chi connectivity index (χ0v) is 11.7. The lowest BCUT2D eigenvalue weighted by molar-refractivity contribution is -0.118. The number of halogens is 1. The Bertz CT molecular complexity index is 632. The molecule has 0 radical (unpaired) electrons. The van der Waals surface area contributed by atoms with Gasteiger partial charge in [-0.05, 0) is 29.9 Å². The van der Waals surface area contributed by atoms with E-state index in [-0.39, 0.29) is 11.8 Å². The molecule has 1 amide bonds.